The Kier molecular flexibility index (Phi) is 17.3. The summed E-state index contributed by atoms with van der Waals surface area (Å²) in [6.07, 6.45) is 1.22. The lowest BCUT2D eigenvalue weighted by atomic mass is 9.97. The molecule has 0 aromatic heterocycles. The zero-order valence-corrected chi connectivity index (χ0v) is 35.9. The number of hydrogen-bond acceptors (Lipinski definition) is 8. The molecule has 5 rings (SSSR count). The molecule has 0 fully saturated rings. The topological polar surface area (TPSA) is 244 Å². The van der Waals surface area contributed by atoms with Crippen molar-refractivity contribution in [2.24, 2.45) is 15.9 Å². The number of ether oxygens (including phenoxy) is 1. The third-order valence-corrected chi connectivity index (χ3v) is 9.70. The molecule has 334 valence electrons. The van der Waals surface area contributed by atoms with Gasteiger partial charge < -0.3 is 37.1 Å². The Hall–Kier alpha value is -7.82. The number of carbonyl (C=O) groups is 4. The molecular formula is C47H54N10O7. The predicted octanol–water partition coefficient (Wildman–Crippen LogP) is 5.44. The highest BCUT2D eigenvalue weighted by molar-refractivity contribution is 5.94. The van der Waals surface area contributed by atoms with Crippen LogP contribution in [0.25, 0.3) is 10.8 Å². The maximum absolute atomic E-state index is 14.5. The van der Waals surface area contributed by atoms with Gasteiger partial charge in [-0.2, -0.15) is 5.10 Å². The number of carbonyl (C=O) groups excluding carboxylic acids is 4. The number of nitro groups is 1. The van der Waals surface area contributed by atoms with Crippen LogP contribution in [0, 0.1) is 10.1 Å². The number of guanidine groups is 1. The van der Waals surface area contributed by atoms with Gasteiger partial charge in [-0.25, -0.2) is 25.1 Å². The monoisotopic (exact) mass is 870 g/mol. The minimum atomic E-state index is -1.18. The third-order valence-electron chi connectivity index (χ3n) is 9.70. The summed E-state index contributed by atoms with van der Waals surface area (Å²) < 4.78 is 5.49. The van der Waals surface area contributed by atoms with E-state index in [1.165, 1.54) is 6.21 Å². The van der Waals surface area contributed by atoms with Crippen LogP contribution in [0.5, 0.6) is 0 Å². The number of amides is 5. The molecule has 0 saturated carbocycles. The van der Waals surface area contributed by atoms with Crippen LogP contribution >= 0.6 is 0 Å². The minimum Gasteiger partial charge on any atom is -0.444 e. The highest BCUT2D eigenvalue weighted by atomic mass is 16.7. The van der Waals surface area contributed by atoms with E-state index in [2.05, 4.69) is 42.2 Å². The van der Waals surface area contributed by atoms with Gasteiger partial charge in [0, 0.05) is 25.6 Å². The van der Waals surface area contributed by atoms with Crippen LogP contribution in [0.15, 0.2) is 144 Å². The molecule has 5 aromatic rings. The normalized spacial score (nSPS) is 13.0. The standard InChI is InChI=1S/C47H54N10O7/c1-47(2,3)64-46(61)53-39(29-32-17-7-4-8-18-32)43(59)52-40(30-36-25-15-24-33-19-13-14-27-38(33)36)42(58)51-37(26-16-28-49-44(48)56-57(62)63)31-50-55-45(60)54-41(34-20-9-5-10-21-34)35-22-11-6-12-23-35/h4-15,17-25,27,31,37,39-41H,16,26,28-30H2,1-3H3,(H,51,58)(H,52,59)(H,53,61)(H3,48,49,56)(H2,54,55,60)/b50-31+. The number of hydrazone groups is 2. The second kappa shape index (κ2) is 23.4. The van der Waals surface area contributed by atoms with Crippen molar-refractivity contribution in [2.75, 3.05) is 6.54 Å². The van der Waals surface area contributed by atoms with E-state index in [0.29, 0.717) is 6.42 Å². The largest absolute Gasteiger partial charge is 0.444 e. The lowest BCUT2D eigenvalue weighted by Crippen LogP contribution is -2.56. The van der Waals surface area contributed by atoms with E-state index < -0.39 is 64.7 Å². The molecule has 3 atom stereocenters. The Labute approximate surface area is 371 Å². The molecule has 8 N–H and O–H groups in total. The van der Waals surface area contributed by atoms with Gasteiger partial charge >= 0.3 is 12.1 Å². The summed E-state index contributed by atoms with van der Waals surface area (Å²) in [6.45, 7) is 5.27. The predicted molar refractivity (Wildman–Crippen MR) is 246 cm³/mol. The Morgan fingerprint density at radius 1 is 0.734 bits per heavy atom. The maximum Gasteiger partial charge on any atom is 0.408 e. The highest BCUT2D eigenvalue weighted by Crippen LogP contribution is 2.22. The molecule has 64 heavy (non-hydrogen) atoms. The number of nitrogens with one attached hydrogen (secondary N) is 6. The van der Waals surface area contributed by atoms with E-state index in [1.807, 2.05) is 133 Å². The first-order valence-corrected chi connectivity index (χ1v) is 20.8. The summed E-state index contributed by atoms with van der Waals surface area (Å²) in [6, 6.07) is 37.0. The quantitative estimate of drug-likeness (QED) is 0.0184. The first-order chi connectivity index (χ1) is 30.7. The molecule has 17 heteroatoms. The lowest BCUT2D eigenvalue weighted by Gasteiger charge is -2.26. The Morgan fingerprint density at radius 2 is 1.31 bits per heavy atom. The van der Waals surface area contributed by atoms with Crippen molar-refractivity contribution >= 4 is 46.9 Å². The van der Waals surface area contributed by atoms with E-state index >= 15 is 0 Å². The number of nitrogens with zero attached hydrogens (tertiary/aromatic N) is 3. The molecule has 0 radical (unpaired) electrons. The van der Waals surface area contributed by atoms with Crippen LogP contribution in [0.3, 0.4) is 0 Å². The lowest BCUT2D eigenvalue weighted by molar-refractivity contribution is -0.485. The first kappa shape index (κ1) is 47.2. The molecule has 0 spiro atoms. The van der Waals surface area contributed by atoms with E-state index in [0.717, 1.165) is 33.0 Å². The molecule has 0 aliphatic heterocycles. The van der Waals surface area contributed by atoms with Crippen LogP contribution in [0.2, 0.25) is 0 Å². The smallest absolute Gasteiger partial charge is 0.408 e. The molecule has 17 nitrogen and oxygen atoms in total. The zero-order valence-electron chi connectivity index (χ0n) is 35.9. The second-order valence-corrected chi connectivity index (χ2v) is 15.8. The van der Waals surface area contributed by atoms with E-state index in [-0.39, 0.29) is 25.8 Å². The van der Waals surface area contributed by atoms with Gasteiger partial charge in [-0.15, -0.1) is 0 Å². The fourth-order valence-corrected chi connectivity index (χ4v) is 6.81. The third kappa shape index (κ3) is 15.6. The van der Waals surface area contributed by atoms with Crippen molar-refractivity contribution < 1.29 is 28.9 Å². The first-order valence-electron chi connectivity index (χ1n) is 20.8. The Balaban J connectivity index is 1.40. The number of benzene rings is 5. The number of hydrogen-bond donors (Lipinski definition) is 7. The van der Waals surface area contributed by atoms with Gasteiger partial charge in [0.15, 0.2) is 5.03 Å². The maximum atomic E-state index is 14.5. The van der Waals surface area contributed by atoms with E-state index in [1.54, 1.807) is 20.8 Å². The van der Waals surface area contributed by atoms with E-state index in [9.17, 15) is 29.3 Å². The van der Waals surface area contributed by atoms with Gasteiger partial charge in [0.25, 0.3) is 5.96 Å². The van der Waals surface area contributed by atoms with E-state index in [4.69, 9.17) is 10.5 Å². The van der Waals surface area contributed by atoms with Crippen molar-refractivity contribution in [1.29, 1.82) is 0 Å². The minimum absolute atomic E-state index is 0.0593. The molecule has 0 aliphatic rings. The summed E-state index contributed by atoms with van der Waals surface area (Å²) in [4.78, 5) is 65.9. The average molecular weight is 871 g/mol. The molecule has 0 aliphatic carbocycles. The number of nitrogens with two attached hydrogens (primary N) is 1. The molecular weight excluding hydrogens is 817 g/mol. The molecule has 5 aromatic carbocycles. The van der Waals surface area contributed by atoms with Crippen molar-refractivity contribution in [1.82, 2.24) is 32.0 Å². The van der Waals surface area contributed by atoms with Gasteiger partial charge in [-0.05, 0) is 66.6 Å². The van der Waals surface area contributed by atoms with Crippen LogP contribution in [-0.2, 0) is 27.2 Å². The molecule has 0 heterocycles. The number of urea groups is 1. The Morgan fingerprint density at radius 3 is 1.95 bits per heavy atom. The summed E-state index contributed by atoms with van der Waals surface area (Å²) in [5.41, 5.74) is 10.5. The second-order valence-electron chi connectivity index (χ2n) is 15.8. The van der Waals surface area contributed by atoms with Crippen LogP contribution < -0.4 is 37.7 Å². The van der Waals surface area contributed by atoms with Crippen LogP contribution in [0.4, 0.5) is 9.59 Å². The SMILES string of the molecule is CC(C)(C)OC(=O)NC(Cc1ccccc1)C(=O)NC(Cc1cccc2ccccc12)C(=O)NC(/C=N/NC(=O)NC(c1ccccc1)c1ccccc1)CCCN/C(N)=N\[N+](=O)[O-]. The molecule has 0 saturated heterocycles. The number of alkyl carbamates (subject to hydrolysis) is 1. The van der Waals surface area contributed by atoms with Gasteiger partial charge in [0.05, 0.1) is 12.1 Å². The molecule has 5 amide bonds. The fourth-order valence-electron chi connectivity index (χ4n) is 6.81. The summed E-state index contributed by atoms with van der Waals surface area (Å²) in [5, 5.41) is 33.1. The van der Waals surface area contributed by atoms with Gasteiger partial charge in [-0.1, -0.05) is 133 Å². The summed E-state index contributed by atoms with van der Waals surface area (Å²) in [7, 11) is 0. The van der Waals surface area contributed by atoms with Gasteiger partial charge in [-0.3, -0.25) is 9.59 Å². The summed E-state index contributed by atoms with van der Waals surface area (Å²) >= 11 is 0. The van der Waals surface area contributed by atoms with Crippen molar-refractivity contribution in [3.8, 4) is 0 Å². The van der Waals surface area contributed by atoms with Crippen LogP contribution in [-0.4, -0.2) is 71.4 Å². The van der Waals surface area contributed by atoms with Crippen LogP contribution in [0.1, 0.15) is 61.9 Å². The zero-order chi connectivity index (χ0) is 45.9. The fraction of sp³-hybridized carbons (Fsp3) is 0.277. The van der Waals surface area contributed by atoms with Gasteiger partial charge in [0.2, 0.25) is 11.8 Å². The summed E-state index contributed by atoms with van der Waals surface area (Å²) in [5.74, 6) is -1.62. The number of fused-ring (bicyclic) bond motifs is 1. The van der Waals surface area contributed by atoms with Crippen molar-refractivity contribution in [3.63, 3.8) is 0 Å². The average Bonchev–Trinajstić information content (AvgIpc) is 3.26. The Bertz CT molecular complexity index is 2350. The number of rotatable bonds is 19. The van der Waals surface area contributed by atoms with Crippen molar-refractivity contribution in [2.45, 2.75) is 76.2 Å². The molecule has 0 bridgehead atoms. The molecule has 3 unspecified atom stereocenters. The van der Waals surface area contributed by atoms with Crippen molar-refractivity contribution in [3.05, 3.63) is 166 Å². The highest BCUT2D eigenvalue weighted by Gasteiger charge is 2.30. The van der Waals surface area contributed by atoms with Gasteiger partial charge in [0.1, 0.15) is 22.8 Å².